The highest BCUT2D eigenvalue weighted by atomic mass is 79.9. The summed E-state index contributed by atoms with van der Waals surface area (Å²) in [5, 5.41) is 0. The summed E-state index contributed by atoms with van der Waals surface area (Å²) in [7, 11) is 0. The second-order valence-corrected chi connectivity index (χ2v) is 7.35. The number of fused-ring (bicyclic) bond motifs is 2. The Morgan fingerprint density at radius 3 is 2.39 bits per heavy atom. The number of nitrogens with zero attached hydrogens (tertiary/aromatic N) is 4. The second-order valence-electron chi connectivity index (χ2n) is 6.43. The van der Waals surface area contributed by atoms with Crippen LogP contribution in [0.1, 0.15) is 17.5 Å². The number of aromatic nitrogens is 2. The van der Waals surface area contributed by atoms with Crippen LogP contribution < -0.4 is 0 Å². The topological polar surface area (TPSA) is 32.3 Å². The molecule has 2 bridgehead atoms. The van der Waals surface area contributed by atoms with Crippen molar-refractivity contribution in [2.24, 2.45) is 0 Å². The minimum Gasteiger partial charge on any atom is -0.296 e. The summed E-state index contributed by atoms with van der Waals surface area (Å²) in [6.45, 7) is 3.86. The summed E-state index contributed by atoms with van der Waals surface area (Å²) in [4.78, 5) is 13.1. The molecule has 6 heteroatoms. The van der Waals surface area contributed by atoms with Gasteiger partial charge in [-0.1, -0.05) is 0 Å². The van der Waals surface area contributed by atoms with E-state index in [2.05, 4.69) is 41.8 Å². The Labute approximate surface area is 143 Å². The van der Waals surface area contributed by atoms with Gasteiger partial charge in [-0.15, -0.1) is 0 Å². The third kappa shape index (κ3) is 3.29. The fourth-order valence-corrected chi connectivity index (χ4v) is 4.13. The molecule has 0 saturated carbocycles. The lowest BCUT2D eigenvalue weighted by Crippen LogP contribution is -2.67. The molecule has 0 radical (unpaired) electrons. The van der Waals surface area contributed by atoms with Gasteiger partial charge in [0, 0.05) is 61.3 Å². The minimum absolute atomic E-state index is 0.253. The van der Waals surface area contributed by atoms with Crippen LogP contribution in [0.5, 0.6) is 0 Å². The van der Waals surface area contributed by atoms with Crippen LogP contribution in [0.25, 0.3) is 0 Å². The maximum absolute atomic E-state index is 13.3. The zero-order chi connectivity index (χ0) is 15.8. The molecule has 5 heterocycles. The standard InChI is InChI=1S/C17H18BrFN4/c18-14-1-12(4-20-6-14)8-22-10-16-3-17(11-22)23(16)9-13-2-15(19)7-21-5-13/h1-2,4-7,16-17H,3,8-11H2. The lowest BCUT2D eigenvalue weighted by Gasteiger charge is -2.56. The van der Waals surface area contributed by atoms with E-state index in [1.54, 1.807) is 12.3 Å². The van der Waals surface area contributed by atoms with Crippen LogP contribution in [0.3, 0.4) is 0 Å². The maximum Gasteiger partial charge on any atom is 0.141 e. The highest BCUT2D eigenvalue weighted by Crippen LogP contribution is 2.34. The molecule has 0 amide bonds. The highest BCUT2D eigenvalue weighted by molar-refractivity contribution is 9.10. The van der Waals surface area contributed by atoms with Crippen LogP contribution >= 0.6 is 15.9 Å². The van der Waals surface area contributed by atoms with Gasteiger partial charge in [-0.05, 0) is 45.6 Å². The van der Waals surface area contributed by atoms with Gasteiger partial charge in [0.15, 0.2) is 0 Å². The molecule has 0 aliphatic carbocycles. The Bertz CT molecular complexity index is 698. The largest absolute Gasteiger partial charge is 0.296 e. The smallest absolute Gasteiger partial charge is 0.141 e. The summed E-state index contributed by atoms with van der Waals surface area (Å²) in [6.07, 6.45) is 8.01. The lowest BCUT2D eigenvalue weighted by atomic mass is 9.86. The van der Waals surface area contributed by atoms with Crippen molar-refractivity contribution in [2.75, 3.05) is 13.1 Å². The molecule has 3 saturated heterocycles. The zero-order valence-electron chi connectivity index (χ0n) is 12.7. The Hall–Kier alpha value is -1.37. The summed E-state index contributed by atoms with van der Waals surface area (Å²) >= 11 is 3.47. The SMILES string of the molecule is Fc1cncc(CN2C3CC2CN(Cc2cncc(Br)c2)C3)c1. The first-order valence-electron chi connectivity index (χ1n) is 7.84. The molecule has 0 spiro atoms. The van der Waals surface area contributed by atoms with Crippen molar-refractivity contribution in [3.8, 4) is 0 Å². The van der Waals surface area contributed by atoms with Crippen LogP contribution in [0.2, 0.25) is 0 Å². The molecule has 0 N–H and O–H groups in total. The highest BCUT2D eigenvalue weighted by Gasteiger charge is 2.44. The normalized spacial score (nSPS) is 24.4. The summed E-state index contributed by atoms with van der Waals surface area (Å²) in [6, 6.07) is 4.85. The van der Waals surface area contributed by atoms with Gasteiger partial charge in [0.25, 0.3) is 0 Å². The predicted molar refractivity (Wildman–Crippen MR) is 89.1 cm³/mol. The molecule has 2 aromatic heterocycles. The molecular weight excluding hydrogens is 359 g/mol. The Morgan fingerprint density at radius 1 is 1.00 bits per heavy atom. The molecule has 2 atom stereocenters. The van der Waals surface area contributed by atoms with Crippen molar-refractivity contribution in [3.05, 3.63) is 58.3 Å². The average Bonchev–Trinajstić information content (AvgIpc) is 2.53. The first kappa shape index (κ1) is 15.2. The van der Waals surface area contributed by atoms with E-state index in [1.807, 2.05) is 12.4 Å². The number of hydrogen-bond donors (Lipinski definition) is 0. The van der Waals surface area contributed by atoms with E-state index in [4.69, 9.17) is 0 Å². The van der Waals surface area contributed by atoms with Crippen molar-refractivity contribution in [3.63, 3.8) is 0 Å². The van der Waals surface area contributed by atoms with Gasteiger partial charge < -0.3 is 0 Å². The number of halogens is 2. The first-order valence-corrected chi connectivity index (χ1v) is 8.63. The summed E-state index contributed by atoms with van der Waals surface area (Å²) in [5.74, 6) is -0.253. The lowest BCUT2D eigenvalue weighted by molar-refractivity contribution is -0.0775. The van der Waals surface area contributed by atoms with E-state index in [1.165, 1.54) is 18.2 Å². The molecule has 3 aliphatic heterocycles. The molecule has 4 nitrogen and oxygen atoms in total. The molecule has 120 valence electrons. The van der Waals surface area contributed by atoms with E-state index in [9.17, 15) is 4.39 Å². The summed E-state index contributed by atoms with van der Waals surface area (Å²) in [5.41, 5.74) is 2.20. The number of piperidine rings is 1. The van der Waals surface area contributed by atoms with E-state index in [-0.39, 0.29) is 5.82 Å². The third-order valence-electron chi connectivity index (χ3n) is 4.71. The first-order chi connectivity index (χ1) is 11.2. The van der Waals surface area contributed by atoms with Crippen molar-refractivity contribution in [1.82, 2.24) is 19.8 Å². The molecule has 2 unspecified atom stereocenters. The third-order valence-corrected chi connectivity index (χ3v) is 5.15. The molecule has 0 aromatic carbocycles. The van der Waals surface area contributed by atoms with E-state index >= 15 is 0 Å². The van der Waals surface area contributed by atoms with Gasteiger partial charge in [-0.3, -0.25) is 19.8 Å². The van der Waals surface area contributed by atoms with Crippen LogP contribution in [-0.4, -0.2) is 44.9 Å². The van der Waals surface area contributed by atoms with Gasteiger partial charge in [0.2, 0.25) is 0 Å². The number of pyridine rings is 2. The van der Waals surface area contributed by atoms with E-state index in [0.717, 1.165) is 36.2 Å². The quantitative estimate of drug-likeness (QED) is 0.821. The maximum atomic E-state index is 13.3. The van der Waals surface area contributed by atoms with Gasteiger partial charge in [-0.2, -0.15) is 0 Å². The fourth-order valence-electron chi connectivity index (χ4n) is 3.72. The zero-order valence-corrected chi connectivity index (χ0v) is 14.3. The van der Waals surface area contributed by atoms with Crippen molar-refractivity contribution in [1.29, 1.82) is 0 Å². The second kappa shape index (κ2) is 6.26. The molecule has 3 fully saturated rings. The summed E-state index contributed by atoms with van der Waals surface area (Å²) < 4.78 is 14.3. The Balaban J connectivity index is 1.37. The van der Waals surface area contributed by atoms with Crippen molar-refractivity contribution in [2.45, 2.75) is 31.6 Å². The van der Waals surface area contributed by atoms with Crippen LogP contribution in [-0.2, 0) is 13.1 Å². The van der Waals surface area contributed by atoms with E-state index < -0.39 is 0 Å². The predicted octanol–water partition coefficient (Wildman–Crippen LogP) is 2.84. The number of hydrogen-bond acceptors (Lipinski definition) is 4. The fraction of sp³-hybridized carbons (Fsp3) is 0.412. The molecule has 23 heavy (non-hydrogen) atoms. The molecular formula is C17H18BrFN4. The van der Waals surface area contributed by atoms with Crippen LogP contribution in [0.4, 0.5) is 4.39 Å². The van der Waals surface area contributed by atoms with Crippen LogP contribution in [0.15, 0.2) is 41.4 Å². The number of rotatable bonds is 4. The van der Waals surface area contributed by atoms with Gasteiger partial charge in [-0.25, -0.2) is 4.39 Å². The van der Waals surface area contributed by atoms with Crippen molar-refractivity contribution < 1.29 is 4.39 Å². The average molecular weight is 377 g/mol. The van der Waals surface area contributed by atoms with Gasteiger partial charge >= 0.3 is 0 Å². The van der Waals surface area contributed by atoms with E-state index in [0.29, 0.717) is 12.1 Å². The minimum atomic E-state index is -0.253. The van der Waals surface area contributed by atoms with Crippen LogP contribution in [0, 0.1) is 5.82 Å². The monoisotopic (exact) mass is 376 g/mol. The Morgan fingerprint density at radius 2 is 1.70 bits per heavy atom. The molecule has 3 aliphatic rings. The molecule has 2 aromatic rings. The Kier molecular flexibility index (Phi) is 4.13. The number of piperazine rings is 1. The van der Waals surface area contributed by atoms with Gasteiger partial charge in [0.05, 0.1) is 6.20 Å². The van der Waals surface area contributed by atoms with Gasteiger partial charge in [0.1, 0.15) is 5.82 Å². The van der Waals surface area contributed by atoms with Crippen molar-refractivity contribution >= 4 is 15.9 Å². The molecule has 5 rings (SSSR count).